The minimum absolute atomic E-state index is 0.374. The molecule has 3 N–H and O–H groups in total. The van der Waals surface area contributed by atoms with Crippen molar-refractivity contribution in [2.24, 2.45) is 0 Å². The number of nitrogens with one attached hydrogen (secondary N) is 1. The zero-order valence-corrected chi connectivity index (χ0v) is 14.4. The van der Waals surface area contributed by atoms with Crippen LogP contribution in [0.2, 0.25) is 0 Å². The quantitative estimate of drug-likeness (QED) is 0.407. The van der Waals surface area contributed by atoms with Gasteiger partial charge in [-0.15, -0.1) is 0 Å². The van der Waals surface area contributed by atoms with E-state index in [0.717, 1.165) is 25.9 Å². The third kappa shape index (κ3) is 12.1. The highest BCUT2D eigenvalue weighted by molar-refractivity contribution is 4.78. The molecule has 1 atom stereocenters. The SMILES string of the molecule is CCCCCCCCOCC(O)CNCC(O)(CC)CC. The first kappa shape index (κ1) is 20.8. The van der Waals surface area contributed by atoms with Gasteiger partial charge in [0.05, 0.1) is 18.3 Å². The van der Waals surface area contributed by atoms with Gasteiger partial charge in [-0.1, -0.05) is 52.9 Å². The van der Waals surface area contributed by atoms with E-state index < -0.39 is 11.7 Å². The fourth-order valence-electron chi connectivity index (χ4n) is 2.23. The normalized spacial score (nSPS) is 13.6. The van der Waals surface area contributed by atoms with E-state index in [-0.39, 0.29) is 0 Å². The van der Waals surface area contributed by atoms with Gasteiger partial charge < -0.3 is 20.3 Å². The van der Waals surface area contributed by atoms with Crippen LogP contribution in [0.1, 0.15) is 72.1 Å². The Morgan fingerprint density at radius 1 is 1.00 bits per heavy atom. The molecule has 4 heteroatoms. The third-order valence-electron chi connectivity index (χ3n) is 4.10. The summed E-state index contributed by atoms with van der Waals surface area (Å²) in [5, 5.41) is 23.0. The maximum Gasteiger partial charge on any atom is 0.0897 e. The van der Waals surface area contributed by atoms with Gasteiger partial charge in [-0.2, -0.15) is 0 Å². The molecule has 0 aliphatic heterocycles. The van der Waals surface area contributed by atoms with Crippen LogP contribution < -0.4 is 5.32 Å². The van der Waals surface area contributed by atoms with E-state index in [2.05, 4.69) is 12.2 Å². The Morgan fingerprint density at radius 3 is 2.24 bits per heavy atom. The second kappa shape index (κ2) is 13.5. The lowest BCUT2D eigenvalue weighted by Gasteiger charge is -2.26. The highest BCUT2D eigenvalue weighted by atomic mass is 16.5. The molecule has 128 valence electrons. The van der Waals surface area contributed by atoms with E-state index in [0.29, 0.717) is 19.7 Å². The van der Waals surface area contributed by atoms with Gasteiger partial charge in [0, 0.05) is 19.7 Å². The molecule has 0 aliphatic carbocycles. The Balaban J connectivity index is 3.40. The molecule has 0 heterocycles. The van der Waals surface area contributed by atoms with E-state index in [1.54, 1.807) is 0 Å². The number of hydrogen-bond donors (Lipinski definition) is 3. The molecule has 0 aliphatic rings. The van der Waals surface area contributed by atoms with Gasteiger partial charge >= 0.3 is 0 Å². The molecule has 0 radical (unpaired) electrons. The van der Waals surface area contributed by atoms with Crippen LogP contribution >= 0.6 is 0 Å². The van der Waals surface area contributed by atoms with Crippen molar-refractivity contribution < 1.29 is 14.9 Å². The van der Waals surface area contributed by atoms with Crippen LogP contribution in [0.15, 0.2) is 0 Å². The monoisotopic (exact) mass is 303 g/mol. The van der Waals surface area contributed by atoms with Crippen molar-refractivity contribution in [2.75, 3.05) is 26.3 Å². The molecular formula is C17H37NO3. The zero-order valence-electron chi connectivity index (χ0n) is 14.4. The number of aliphatic hydroxyl groups excluding tert-OH is 1. The number of unbranched alkanes of at least 4 members (excludes halogenated alkanes) is 5. The maximum absolute atomic E-state index is 10.1. The molecular weight excluding hydrogens is 266 g/mol. The first-order valence-electron chi connectivity index (χ1n) is 8.76. The van der Waals surface area contributed by atoms with Crippen molar-refractivity contribution in [3.63, 3.8) is 0 Å². The molecule has 0 rings (SSSR count). The molecule has 0 bridgehead atoms. The maximum atomic E-state index is 10.1. The average Bonchev–Trinajstić information content (AvgIpc) is 2.49. The molecule has 0 spiro atoms. The van der Waals surface area contributed by atoms with Crippen LogP contribution in [-0.2, 0) is 4.74 Å². The Hall–Kier alpha value is -0.160. The van der Waals surface area contributed by atoms with Crippen LogP contribution in [0.5, 0.6) is 0 Å². The van der Waals surface area contributed by atoms with Gasteiger partial charge in [0.1, 0.15) is 0 Å². The zero-order chi connectivity index (χ0) is 16.0. The number of ether oxygens (including phenoxy) is 1. The summed E-state index contributed by atoms with van der Waals surface area (Å²) < 4.78 is 5.48. The van der Waals surface area contributed by atoms with Gasteiger partial charge in [0.15, 0.2) is 0 Å². The van der Waals surface area contributed by atoms with Gasteiger partial charge in [-0.25, -0.2) is 0 Å². The van der Waals surface area contributed by atoms with Crippen LogP contribution in [0.3, 0.4) is 0 Å². The fraction of sp³-hybridized carbons (Fsp3) is 1.00. The Kier molecular flexibility index (Phi) is 13.4. The van der Waals surface area contributed by atoms with E-state index in [1.165, 1.54) is 32.1 Å². The van der Waals surface area contributed by atoms with Gasteiger partial charge in [0.25, 0.3) is 0 Å². The van der Waals surface area contributed by atoms with E-state index in [9.17, 15) is 10.2 Å². The highest BCUT2D eigenvalue weighted by Gasteiger charge is 2.21. The second-order valence-electron chi connectivity index (χ2n) is 6.06. The smallest absolute Gasteiger partial charge is 0.0897 e. The molecule has 0 fully saturated rings. The number of rotatable bonds is 15. The summed E-state index contributed by atoms with van der Waals surface area (Å²) in [4.78, 5) is 0. The minimum atomic E-state index is -0.654. The fourth-order valence-corrected chi connectivity index (χ4v) is 2.23. The topological polar surface area (TPSA) is 61.7 Å². The molecule has 4 nitrogen and oxygen atoms in total. The van der Waals surface area contributed by atoms with Crippen LogP contribution in [0.25, 0.3) is 0 Å². The lowest BCUT2D eigenvalue weighted by molar-refractivity contribution is 0.0158. The summed E-state index contributed by atoms with van der Waals surface area (Å²) in [6.45, 7) is 8.28. The van der Waals surface area contributed by atoms with E-state index >= 15 is 0 Å². The summed E-state index contributed by atoms with van der Waals surface area (Å²) in [6, 6.07) is 0. The van der Waals surface area contributed by atoms with Gasteiger partial charge in [0.2, 0.25) is 0 Å². The van der Waals surface area contributed by atoms with Crippen molar-refractivity contribution in [1.82, 2.24) is 5.32 Å². The summed E-state index contributed by atoms with van der Waals surface area (Å²) in [5.41, 5.74) is -0.654. The average molecular weight is 303 g/mol. The van der Waals surface area contributed by atoms with Crippen molar-refractivity contribution in [3.05, 3.63) is 0 Å². The van der Waals surface area contributed by atoms with Crippen molar-refractivity contribution in [1.29, 1.82) is 0 Å². The van der Waals surface area contributed by atoms with Crippen LogP contribution in [-0.4, -0.2) is 48.2 Å². The molecule has 0 aromatic carbocycles. The number of aliphatic hydroxyl groups is 2. The molecule has 0 saturated heterocycles. The highest BCUT2D eigenvalue weighted by Crippen LogP contribution is 2.12. The van der Waals surface area contributed by atoms with E-state index in [4.69, 9.17) is 4.74 Å². The third-order valence-corrected chi connectivity index (χ3v) is 4.10. The standard InChI is InChI=1S/C17H37NO3/c1-4-7-8-9-10-11-12-21-14-16(19)13-18-15-17(20,5-2)6-3/h16,18-20H,4-15H2,1-3H3. The summed E-state index contributed by atoms with van der Waals surface area (Å²) in [5.74, 6) is 0. The molecule has 1 unspecified atom stereocenters. The van der Waals surface area contributed by atoms with Gasteiger partial charge in [-0.05, 0) is 19.3 Å². The summed E-state index contributed by atoms with van der Waals surface area (Å²) in [6.07, 6.45) is 8.46. The summed E-state index contributed by atoms with van der Waals surface area (Å²) >= 11 is 0. The van der Waals surface area contributed by atoms with Crippen molar-refractivity contribution >= 4 is 0 Å². The van der Waals surface area contributed by atoms with Gasteiger partial charge in [-0.3, -0.25) is 0 Å². The molecule has 0 aromatic heterocycles. The summed E-state index contributed by atoms with van der Waals surface area (Å²) in [7, 11) is 0. The first-order chi connectivity index (χ1) is 10.1. The lowest BCUT2D eigenvalue weighted by atomic mass is 9.97. The van der Waals surface area contributed by atoms with E-state index in [1.807, 2.05) is 13.8 Å². The number of hydrogen-bond acceptors (Lipinski definition) is 4. The molecule has 0 amide bonds. The predicted molar refractivity (Wildman–Crippen MR) is 88.6 cm³/mol. The van der Waals surface area contributed by atoms with Crippen molar-refractivity contribution in [3.8, 4) is 0 Å². The predicted octanol–water partition coefficient (Wildman–Crippen LogP) is 2.87. The van der Waals surface area contributed by atoms with Crippen LogP contribution in [0.4, 0.5) is 0 Å². The van der Waals surface area contributed by atoms with Crippen molar-refractivity contribution in [2.45, 2.75) is 83.8 Å². The lowest BCUT2D eigenvalue weighted by Crippen LogP contribution is -2.42. The molecule has 0 aromatic rings. The Bertz CT molecular complexity index is 220. The largest absolute Gasteiger partial charge is 0.389 e. The molecule has 21 heavy (non-hydrogen) atoms. The minimum Gasteiger partial charge on any atom is -0.389 e. The Morgan fingerprint density at radius 2 is 1.62 bits per heavy atom. The Labute approximate surface area is 131 Å². The first-order valence-corrected chi connectivity index (χ1v) is 8.76. The van der Waals surface area contributed by atoms with Crippen LogP contribution in [0, 0.1) is 0 Å². The molecule has 0 saturated carbocycles. The second-order valence-corrected chi connectivity index (χ2v) is 6.06.